The molecule has 0 saturated carbocycles. The topological polar surface area (TPSA) is 99.8 Å². The number of nitrogens with zero attached hydrogens (tertiary/aromatic N) is 5. The molecule has 1 atom stereocenters. The zero-order valence-electron chi connectivity index (χ0n) is 21.2. The molecule has 1 aromatic heterocycles. The molecular weight excluding hydrogens is 478 g/mol. The summed E-state index contributed by atoms with van der Waals surface area (Å²) in [5.74, 6) is 1.35. The molecule has 192 valence electrons. The normalized spacial score (nSPS) is 16.5. The standard InChI is InChI=1S/C26H33N5O4S/c1-19(2)24-27-25(35-28-24)22-11-8-16-30(18-22)26(32)21-12-14-23(15-13-21)31(36(33,34)29(3)4)17-20-9-6-5-7-10-20/h5-7,9-10,12-15,19,22H,8,11,16-18H2,1-4H3. The van der Waals surface area contributed by atoms with Crippen LogP contribution in [-0.2, 0) is 16.8 Å². The minimum atomic E-state index is -3.74. The Bertz CT molecular complexity index is 1270. The van der Waals surface area contributed by atoms with Gasteiger partial charge in [-0.2, -0.15) is 17.7 Å². The van der Waals surface area contributed by atoms with Gasteiger partial charge in [0.2, 0.25) is 5.89 Å². The zero-order valence-corrected chi connectivity index (χ0v) is 22.0. The van der Waals surface area contributed by atoms with E-state index in [9.17, 15) is 13.2 Å². The lowest BCUT2D eigenvalue weighted by atomic mass is 9.97. The molecule has 10 heteroatoms. The molecule has 1 unspecified atom stereocenters. The number of amides is 1. The van der Waals surface area contributed by atoms with Gasteiger partial charge in [-0.1, -0.05) is 49.3 Å². The SMILES string of the molecule is CC(C)c1noc(C2CCCN(C(=O)c3ccc(N(Cc4ccccc4)S(=O)(=O)N(C)C)cc3)C2)n1. The fraction of sp³-hybridized carbons (Fsp3) is 0.423. The molecule has 0 N–H and O–H groups in total. The summed E-state index contributed by atoms with van der Waals surface area (Å²) in [5.41, 5.74) is 1.87. The van der Waals surface area contributed by atoms with E-state index in [0.717, 1.165) is 18.4 Å². The second kappa shape index (κ2) is 10.8. The van der Waals surface area contributed by atoms with Gasteiger partial charge in [-0.05, 0) is 42.7 Å². The van der Waals surface area contributed by atoms with Crippen LogP contribution in [0.5, 0.6) is 0 Å². The number of likely N-dealkylation sites (tertiary alicyclic amines) is 1. The third-order valence-electron chi connectivity index (χ3n) is 6.34. The van der Waals surface area contributed by atoms with Crippen molar-refractivity contribution >= 4 is 21.8 Å². The Morgan fingerprint density at radius 1 is 1.11 bits per heavy atom. The van der Waals surface area contributed by atoms with E-state index in [4.69, 9.17) is 4.52 Å². The van der Waals surface area contributed by atoms with E-state index in [2.05, 4.69) is 10.1 Å². The Kier molecular flexibility index (Phi) is 7.75. The van der Waals surface area contributed by atoms with E-state index in [1.807, 2.05) is 44.2 Å². The largest absolute Gasteiger partial charge is 0.339 e. The Labute approximate surface area is 212 Å². The Balaban J connectivity index is 1.52. The maximum Gasteiger partial charge on any atom is 0.303 e. The van der Waals surface area contributed by atoms with Crippen LogP contribution in [0.3, 0.4) is 0 Å². The maximum absolute atomic E-state index is 13.3. The fourth-order valence-corrected chi connectivity index (χ4v) is 5.31. The summed E-state index contributed by atoms with van der Waals surface area (Å²) in [5, 5.41) is 4.06. The highest BCUT2D eigenvalue weighted by Gasteiger charge is 2.30. The first-order valence-corrected chi connectivity index (χ1v) is 13.5. The molecule has 9 nitrogen and oxygen atoms in total. The number of rotatable bonds is 8. The minimum Gasteiger partial charge on any atom is -0.339 e. The molecule has 1 fully saturated rings. The molecule has 0 spiro atoms. The summed E-state index contributed by atoms with van der Waals surface area (Å²) in [6, 6.07) is 16.2. The number of hydrogen-bond donors (Lipinski definition) is 0. The summed E-state index contributed by atoms with van der Waals surface area (Å²) in [4.78, 5) is 19.6. The molecule has 36 heavy (non-hydrogen) atoms. The van der Waals surface area contributed by atoms with Gasteiger partial charge in [0.1, 0.15) is 0 Å². The maximum atomic E-state index is 13.3. The molecule has 1 saturated heterocycles. The van der Waals surface area contributed by atoms with Crippen molar-refractivity contribution in [3.8, 4) is 0 Å². The number of carbonyl (C=O) groups excluding carboxylic acids is 1. The Hall–Kier alpha value is -3.24. The molecule has 2 aromatic carbocycles. The van der Waals surface area contributed by atoms with Gasteiger partial charge in [0.05, 0.1) is 18.2 Å². The quantitative estimate of drug-likeness (QED) is 0.453. The molecule has 0 bridgehead atoms. The van der Waals surface area contributed by atoms with Gasteiger partial charge in [0, 0.05) is 38.7 Å². The van der Waals surface area contributed by atoms with Crippen LogP contribution < -0.4 is 4.31 Å². The van der Waals surface area contributed by atoms with Gasteiger partial charge in [-0.25, -0.2) is 0 Å². The highest BCUT2D eigenvalue weighted by molar-refractivity contribution is 7.90. The zero-order chi connectivity index (χ0) is 25.9. The molecule has 0 aliphatic carbocycles. The van der Waals surface area contributed by atoms with Crippen molar-refractivity contribution in [3.05, 3.63) is 77.4 Å². The van der Waals surface area contributed by atoms with Gasteiger partial charge < -0.3 is 9.42 Å². The third kappa shape index (κ3) is 5.60. The van der Waals surface area contributed by atoms with Crippen LogP contribution in [0.4, 0.5) is 5.69 Å². The predicted octanol–water partition coefficient (Wildman–Crippen LogP) is 4.03. The summed E-state index contributed by atoms with van der Waals surface area (Å²) >= 11 is 0. The van der Waals surface area contributed by atoms with Crippen molar-refractivity contribution in [3.63, 3.8) is 0 Å². The van der Waals surface area contributed by atoms with Crippen molar-refractivity contribution in [2.45, 2.75) is 45.1 Å². The number of piperidine rings is 1. The lowest BCUT2D eigenvalue weighted by Crippen LogP contribution is -2.40. The highest BCUT2D eigenvalue weighted by Crippen LogP contribution is 2.29. The number of aromatic nitrogens is 2. The second-order valence-corrected chi connectivity index (χ2v) is 11.6. The second-order valence-electron chi connectivity index (χ2n) is 9.57. The molecule has 1 aliphatic heterocycles. The van der Waals surface area contributed by atoms with Crippen molar-refractivity contribution in [1.82, 2.24) is 19.3 Å². The number of hydrogen-bond acceptors (Lipinski definition) is 6. The van der Waals surface area contributed by atoms with Crippen LogP contribution in [0, 0.1) is 0 Å². The van der Waals surface area contributed by atoms with E-state index < -0.39 is 10.2 Å². The number of carbonyl (C=O) groups is 1. The first kappa shape index (κ1) is 25.8. The van der Waals surface area contributed by atoms with Crippen LogP contribution in [0.25, 0.3) is 0 Å². The van der Waals surface area contributed by atoms with Crippen LogP contribution >= 0.6 is 0 Å². The average molecular weight is 512 g/mol. The van der Waals surface area contributed by atoms with Gasteiger partial charge >= 0.3 is 10.2 Å². The summed E-state index contributed by atoms with van der Waals surface area (Å²) in [7, 11) is -0.727. The van der Waals surface area contributed by atoms with Crippen molar-refractivity contribution in [1.29, 1.82) is 0 Å². The van der Waals surface area contributed by atoms with E-state index in [-0.39, 0.29) is 24.3 Å². The molecule has 4 rings (SSSR count). The van der Waals surface area contributed by atoms with Gasteiger partial charge in [-0.3, -0.25) is 9.10 Å². The average Bonchev–Trinajstić information content (AvgIpc) is 3.38. The highest BCUT2D eigenvalue weighted by atomic mass is 32.2. The van der Waals surface area contributed by atoms with Gasteiger partial charge in [-0.15, -0.1) is 0 Å². The monoisotopic (exact) mass is 511 g/mol. The first-order chi connectivity index (χ1) is 17.2. The predicted molar refractivity (Wildman–Crippen MR) is 138 cm³/mol. The molecule has 0 radical (unpaired) electrons. The first-order valence-electron chi connectivity index (χ1n) is 12.1. The fourth-order valence-electron chi connectivity index (χ4n) is 4.22. The summed E-state index contributed by atoms with van der Waals surface area (Å²) in [6.07, 6.45) is 1.74. The summed E-state index contributed by atoms with van der Waals surface area (Å²) < 4.78 is 34.1. The van der Waals surface area contributed by atoms with E-state index in [0.29, 0.717) is 36.1 Å². The summed E-state index contributed by atoms with van der Waals surface area (Å²) in [6.45, 7) is 5.37. The molecule has 3 aromatic rings. The molecule has 1 aliphatic rings. The Morgan fingerprint density at radius 3 is 2.42 bits per heavy atom. The lowest BCUT2D eigenvalue weighted by molar-refractivity contribution is 0.0695. The van der Waals surface area contributed by atoms with Crippen molar-refractivity contribution in [2.75, 3.05) is 31.5 Å². The Morgan fingerprint density at radius 2 is 1.81 bits per heavy atom. The smallest absolute Gasteiger partial charge is 0.303 e. The van der Waals surface area contributed by atoms with E-state index >= 15 is 0 Å². The van der Waals surface area contributed by atoms with Crippen LogP contribution in [0.15, 0.2) is 59.1 Å². The van der Waals surface area contributed by atoms with Gasteiger partial charge in [0.15, 0.2) is 5.82 Å². The number of anilines is 1. The molecular formula is C26H33N5O4S. The van der Waals surface area contributed by atoms with E-state index in [1.54, 1.807) is 29.2 Å². The van der Waals surface area contributed by atoms with Gasteiger partial charge in [0.25, 0.3) is 5.91 Å². The molecule has 2 heterocycles. The van der Waals surface area contributed by atoms with E-state index in [1.165, 1.54) is 22.7 Å². The van der Waals surface area contributed by atoms with Crippen LogP contribution in [0.2, 0.25) is 0 Å². The molecule has 1 amide bonds. The minimum absolute atomic E-state index is 0.00794. The lowest BCUT2D eigenvalue weighted by Gasteiger charge is -2.31. The van der Waals surface area contributed by atoms with Crippen molar-refractivity contribution in [2.24, 2.45) is 0 Å². The van der Waals surface area contributed by atoms with Crippen molar-refractivity contribution < 1.29 is 17.7 Å². The number of benzene rings is 2. The third-order valence-corrected chi connectivity index (χ3v) is 8.16. The van der Waals surface area contributed by atoms with Crippen LogP contribution in [0.1, 0.15) is 66.2 Å². The van der Waals surface area contributed by atoms with Crippen LogP contribution in [-0.4, -0.2) is 60.9 Å².